The van der Waals surface area contributed by atoms with E-state index in [2.05, 4.69) is 5.32 Å². The number of hydrogen-bond donors (Lipinski definition) is 1. The Morgan fingerprint density at radius 2 is 1.55 bits per heavy atom. The molecule has 0 saturated heterocycles. The van der Waals surface area contributed by atoms with Crippen LogP contribution in [0.1, 0.15) is 32.8 Å². The summed E-state index contributed by atoms with van der Waals surface area (Å²) in [7, 11) is -2.52. The number of ether oxygens (including phenoxy) is 1. The molecule has 0 spiro atoms. The number of sulfonamides is 1. The highest BCUT2D eigenvalue weighted by Gasteiger charge is 2.33. The fraction of sp³-hybridized carbons (Fsp3) is 0.310. The lowest BCUT2D eigenvalue weighted by molar-refractivity contribution is -0.140. The Bertz CT molecular complexity index is 1310. The van der Waals surface area contributed by atoms with Gasteiger partial charge < -0.3 is 15.0 Å². The number of carbonyl (C=O) groups excluding carboxylic acids is 2. The van der Waals surface area contributed by atoms with Crippen LogP contribution in [0.15, 0.2) is 89.8 Å². The molecule has 0 aliphatic carbocycles. The molecule has 0 unspecified atom stereocenters. The molecule has 202 valence electrons. The molecule has 3 rings (SSSR count). The maximum Gasteiger partial charge on any atom is 0.264 e. The van der Waals surface area contributed by atoms with Gasteiger partial charge in [0.15, 0.2) is 0 Å². The van der Waals surface area contributed by atoms with Crippen LogP contribution < -0.4 is 14.4 Å². The van der Waals surface area contributed by atoms with E-state index < -0.39 is 28.5 Å². The van der Waals surface area contributed by atoms with Crippen LogP contribution >= 0.6 is 0 Å². The second-order valence-corrected chi connectivity index (χ2v) is 11.0. The zero-order valence-corrected chi connectivity index (χ0v) is 23.0. The van der Waals surface area contributed by atoms with Gasteiger partial charge in [0.1, 0.15) is 18.3 Å². The quantitative estimate of drug-likeness (QED) is 0.373. The molecular weight excluding hydrogens is 502 g/mol. The third kappa shape index (κ3) is 7.13. The van der Waals surface area contributed by atoms with Gasteiger partial charge in [-0.2, -0.15) is 0 Å². The number of methoxy groups -OCH3 is 1. The molecular formula is C29H35N3O5S. The van der Waals surface area contributed by atoms with Crippen LogP contribution in [-0.4, -0.2) is 50.9 Å². The van der Waals surface area contributed by atoms with Crippen LogP contribution in [-0.2, 0) is 26.2 Å². The fourth-order valence-electron chi connectivity index (χ4n) is 4.11. The summed E-state index contributed by atoms with van der Waals surface area (Å²) in [4.78, 5) is 28.6. The monoisotopic (exact) mass is 537 g/mol. The molecule has 3 aromatic rings. The van der Waals surface area contributed by atoms with Gasteiger partial charge in [0.2, 0.25) is 11.8 Å². The first-order valence-electron chi connectivity index (χ1n) is 12.5. The molecule has 0 fully saturated rings. The zero-order chi connectivity index (χ0) is 27.7. The Morgan fingerprint density at radius 3 is 2.13 bits per heavy atom. The molecule has 0 bridgehead atoms. The summed E-state index contributed by atoms with van der Waals surface area (Å²) in [6, 6.07) is 22.8. The van der Waals surface area contributed by atoms with E-state index in [0.717, 1.165) is 9.87 Å². The van der Waals surface area contributed by atoms with Gasteiger partial charge in [-0.05, 0) is 62.2 Å². The average Bonchev–Trinajstić information content (AvgIpc) is 2.92. The number of hydrogen-bond acceptors (Lipinski definition) is 5. The fourth-order valence-corrected chi connectivity index (χ4v) is 5.55. The summed E-state index contributed by atoms with van der Waals surface area (Å²) in [6.07, 6.45) is 0.352. The highest BCUT2D eigenvalue weighted by Crippen LogP contribution is 2.25. The molecule has 0 saturated carbocycles. The maximum absolute atomic E-state index is 14.0. The Labute approximate surface area is 225 Å². The third-order valence-corrected chi connectivity index (χ3v) is 7.75. The lowest BCUT2D eigenvalue weighted by Gasteiger charge is -2.33. The van der Waals surface area contributed by atoms with E-state index >= 15 is 0 Å². The van der Waals surface area contributed by atoms with Crippen LogP contribution in [0.25, 0.3) is 0 Å². The summed E-state index contributed by atoms with van der Waals surface area (Å²) < 4.78 is 33.8. The van der Waals surface area contributed by atoms with Gasteiger partial charge in [0, 0.05) is 12.6 Å². The number of amides is 2. The number of nitrogens with zero attached hydrogens (tertiary/aromatic N) is 2. The Kier molecular flexibility index (Phi) is 9.90. The minimum Gasteiger partial charge on any atom is -0.497 e. The van der Waals surface area contributed by atoms with E-state index in [9.17, 15) is 18.0 Å². The van der Waals surface area contributed by atoms with Crippen molar-refractivity contribution in [2.45, 2.75) is 50.7 Å². The Balaban J connectivity index is 2.03. The minimum atomic E-state index is -4.07. The first kappa shape index (κ1) is 28.7. The number of carbonyl (C=O) groups is 2. The number of anilines is 1. The molecule has 0 radical (unpaired) electrons. The number of nitrogens with one attached hydrogen (secondary N) is 1. The lowest BCUT2D eigenvalue weighted by atomic mass is 10.1. The topological polar surface area (TPSA) is 96.0 Å². The normalized spacial score (nSPS) is 12.0. The van der Waals surface area contributed by atoms with E-state index in [1.165, 1.54) is 17.0 Å². The first-order chi connectivity index (χ1) is 18.2. The van der Waals surface area contributed by atoms with Gasteiger partial charge in [-0.15, -0.1) is 0 Å². The van der Waals surface area contributed by atoms with Crippen molar-refractivity contribution < 1.29 is 22.7 Å². The summed E-state index contributed by atoms with van der Waals surface area (Å²) in [5.74, 6) is -0.176. The number of para-hydroxylation sites is 1. The van der Waals surface area contributed by atoms with E-state index in [4.69, 9.17) is 4.74 Å². The van der Waals surface area contributed by atoms with Gasteiger partial charge in [-0.25, -0.2) is 8.42 Å². The molecule has 9 heteroatoms. The molecule has 1 atom stereocenters. The SMILES string of the molecule is CC[C@@H](C(=O)NC(C)C)N(Cc1cccc(OC)c1)C(=O)CN(c1ccccc1)S(=O)(=O)c1ccccc1. The van der Waals surface area contributed by atoms with Gasteiger partial charge in [-0.1, -0.05) is 55.5 Å². The summed E-state index contributed by atoms with van der Waals surface area (Å²) in [5.41, 5.74) is 1.11. The summed E-state index contributed by atoms with van der Waals surface area (Å²) >= 11 is 0. The molecule has 0 aliphatic heterocycles. The average molecular weight is 538 g/mol. The second-order valence-electron chi connectivity index (χ2n) is 9.12. The summed E-state index contributed by atoms with van der Waals surface area (Å²) in [6.45, 7) is 5.15. The van der Waals surface area contributed by atoms with Crippen molar-refractivity contribution in [3.63, 3.8) is 0 Å². The van der Waals surface area contributed by atoms with Crippen molar-refractivity contribution in [2.24, 2.45) is 0 Å². The highest BCUT2D eigenvalue weighted by molar-refractivity contribution is 7.92. The maximum atomic E-state index is 14.0. The molecule has 0 aliphatic rings. The van der Waals surface area contributed by atoms with Crippen LogP contribution in [0, 0.1) is 0 Å². The zero-order valence-electron chi connectivity index (χ0n) is 22.2. The standard InChI is InChI=1S/C29H35N3O5S/c1-5-27(29(34)30-22(2)3)31(20-23-13-12-16-25(19-23)37-4)28(33)21-32(24-14-8-6-9-15-24)38(35,36)26-17-10-7-11-18-26/h6-19,22,27H,5,20-21H2,1-4H3,(H,30,34)/t27-/m0/s1. The number of benzene rings is 3. The predicted molar refractivity (Wildman–Crippen MR) is 148 cm³/mol. The van der Waals surface area contributed by atoms with Crippen molar-refractivity contribution in [1.82, 2.24) is 10.2 Å². The van der Waals surface area contributed by atoms with Crippen molar-refractivity contribution >= 4 is 27.5 Å². The molecule has 2 amide bonds. The van der Waals surface area contributed by atoms with Crippen LogP contribution in [0.4, 0.5) is 5.69 Å². The van der Waals surface area contributed by atoms with E-state index in [1.807, 2.05) is 32.9 Å². The summed E-state index contributed by atoms with van der Waals surface area (Å²) in [5, 5.41) is 2.89. The first-order valence-corrected chi connectivity index (χ1v) is 14.0. The highest BCUT2D eigenvalue weighted by atomic mass is 32.2. The van der Waals surface area contributed by atoms with Crippen molar-refractivity contribution in [2.75, 3.05) is 18.0 Å². The minimum absolute atomic E-state index is 0.0700. The lowest BCUT2D eigenvalue weighted by Crippen LogP contribution is -2.53. The van der Waals surface area contributed by atoms with E-state index in [-0.39, 0.29) is 23.4 Å². The largest absolute Gasteiger partial charge is 0.497 e. The predicted octanol–water partition coefficient (Wildman–Crippen LogP) is 4.22. The van der Waals surface area contributed by atoms with Gasteiger partial charge in [0.25, 0.3) is 10.0 Å². The van der Waals surface area contributed by atoms with E-state index in [0.29, 0.717) is 17.9 Å². The third-order valence-electron chi connectivity index (χ3n) is 5.96. The Hall–Kier alpha value is -3.85. The van der Waals surface area contributed by atoms with Crippen molar-refractivity contribution in [3.8, 4) is 5.75 Å². The van der Waals surface area contributed by atoms with Crippen molar-refractivity contribution in [1.29, 1.82) is 0 Å². The molecule has 0 aromatic heterocycles. The van der Waals surface area contributed by atoms with Crippen LogP contribution in [0.5, 0.6) is 5.75 Å². The Morgan fingerprint density at radius 1 is 0.921 bits per heavy atom. The molecule has 3 aromatic carbocycles. The smallest absolute Gasteiger partial charge is 0.264 e. The number of rotatable bonds is 12. The van der Waals surface area contributed by atoms with Gasteiger partial charge >= 0.3 is 0 Å². The van der Waals surface area contributed by atoms with Gasteiger partial charge in [0.05, 0.1) is 17.7 Å². The van der Waals surface area contributed by atoms with Crippen molar-refractivity contribution in [3.05, 3.63) is 90.5 Å². The molecule has 1 N–H and O–H groups in total. The second kappa shape index (κ2) is 13.1. The molecule has 8 nitrogen and oxygen atoms in total. The van der Waals surface area contributed by atoms with E-state index in [1.54, 1.807) is 67.8 Å². The molecule has 38 heavy (non-hydrogen) atoms. The molecule has 0 heterocycles. The van der Waals surface area contributed by atoms with Crippen LogP contribution in [0.2, 0.25) is 0 Å². The van der Waals surface area contributed by atoms with Gasteiger partial charge in [-0.3, -0.25) is 13.9 Å². The van der Waals surface area contributed by atoms with Crippen LogP contribution in [0.3, 0.4) is 0 Å².